The van der Waals surface area contributed by atoms with E-state index in [1.54, 1.807) is 6.07 Å². The van der Waals surface area contributed by atoms with E-state index in [-0.39, 0.29) is 5.75 Å². The Hall–Kier alpha value is -2.82. The standard InChI is InChI=1S/C20H17ClF2N4O3S/c21-20(22,23)30-15-3-1-13(2-4-15)25-19(29)12-9-16(17-6-8-31-26-17)18(24-10-12)27-7-5-14(28)11-27/h1-4,6,8-10,14,28H,5,7,11H2,(H,25,29). The minimum absolute atomic E-state index is 0.136. The topological polar surface area (TPSA) is 87.6 Å². The van der Waals surface area contributed by atoms with Crippen LogP contribution in [-0.2, 0) is 0 Å². The van der Waals surface area contributed by atoms with E-state index in [1.807, 2.05) is 16.3 Å². The quantitative estimate of drug-likeness (QED) is 0.529. The zero-order chi connectivity index (χ0) is 22.0. The van der Waals surface area contributed by atoms with Gasteiger partial charge in [-0.1, -0.05) is 0 Å². The SMILES string of the molecule is O=C(Nc1ccc(OC(F)(F)Cl)cc1)c1cnc(N2CCC(O)C2)c(-c2ccsn2)c1. The van der Waals surface area contributed by atoms with E-state index >= 15 is 0 Å². The maximum absolute atomic E-state index is 12.7. The Bertz CT molecular complexity index is 1060. The van der Waals surface area contributed by atoms with Crippen LogP contribution in [0.25, 0.3) is 11.3 Å². The molecule has 11 heteroatoms. The number of amides is 1. The number of hydrogen-bond donors (Lipinski definition) is 2. The summed E-state index contributed by atoms with van der Waals surface area (Å²) in [5, 5.41) is 14.4. The van der Waals surface area contributed by atoms with Crippen molar-refractivity contribution in [2.75, 3.05) is 23.3 Å². The number of nitrogens with zero attached hydrogens (tertiary/aromatic N) is 3. The van der Waals surface area contributed by atoms with Crippen LogP contribution >= 0.6 is 23.1 Å². The van der Waals surface area contributed by atoms with Crippen molar-refractivity contribution in [3.63, 3.8) is 0 Å². The van der Waals surface area contributed by atoms with Crippen molar-refractivity contribution >= 4 is 40.5 Å². The number of aromatic nitrogens is 2. The summed E-state index contributed by atoms with van der Waals surface area (Å²) in [6, 6.07) is 8.92. The molecule has 162 valence electrons. The number of alkyl halides is 3. The van der Waals surface area contributed by atoms with Crippen LogP contribution in [-0.4, -0.2) is 45.1 Å². The van der Waals surface area contributed by atoms with Crippen molar-refractivity contribution in [3.8, 4) is 17.0 Å². The Balaban J connectivity index is 1.55. The Labute approximate surface area is 185 Å². The van der Waals surface area contributed by atoms with Crippen molar-refractivity contribution < 1.29 is 23.4 Å². The van der Waals surface area contributed by atoms with Gasteiger partial charge in [0.05, 0.1) is 17.4 Å². The second-order valence-corrected chi connectivity index (χ2v) is 8.00. The second kappa shape index (κ2) is 8.74. The van der Waals surface area contributed by atoms with Gasteiger partial charge in [0.1, 0.15) is 11.6 Å². The van der Waals surface area contributed by atoms with Crippen LogP contribution in [0.3, 0.4) is 0 Å². The first kappa shape index (κ1) is 21.4. The third kappa shape index (κ3) is 5.27. The lowest BCUT2D eigenvalue weighted by Gasteiger charge is -2.20. The number of halogens is 3. The molecule has 1 atom stereocenters. The summed E-state index contributed by atoms with van der Waals surface area (Å²) in [5.74, 6) is 0.0958. The van der Waals surface area contributed by atoms with Crippen molar-refractivity contribution in [2.45, 2.75) is 18.1 Å². The molecule has 1 unspecified atom stereocenters. The molecule has 31 heavy (non-hydrogen) atoms. The van der Waals surface area contributed by atoms with Gasteiger partial charge in [0.2, 0.25) is 0 Å². The highest BCUT2D eigenvalue weighted by atomic mass is 35.5. The molecule has 0 aliphatic carbocycles. The molecule has 0 bridgehead atoms. The summed E-state index contributed by atoms with van der Waals surface area (Å²) < 4.78 is 34.0. The van der Waals surface area contributed by atoms with Crippen LogP contribution in [0.4, 0.5) is 20.3 Å². The van der Waals surface area contributed by atoms with Crippen LogP contribution in [0.2, 0.25) is 0 Å². The number of benzene rings is 1. The minimum Gasteiger partial charge on any atom is -0.420 e. The highest BCUT2D eigenvalue weighted by Crippen LogP contribution is 2.32. The fourth-order valence-corrected chi connectivity index (χ4v) is 3.86. The van der Waals surface area contributed by atoms with Gasteiger partial charge in [-0.2, -0.15) is 4.37 Å². The molecule has 0 saturated carbocycles. The average Bonchev–Trinajstić information content (AvgIpc) is 3.40. The third-order valence-electron chi connectivity index (χ3n) is 4.65. The molecule has 1 aromatic carbocycles. The number of hydrogen-bond acceptors (Lipinski definition) is 7. The number of β-amino-alcohol motifs (C(OH)–C–C–N with tert-alkyl or cyclic N) is 1. The highest BCUT2D eigenvalue weighted by Gasteiger charge is 2.28. The fourth-order valence-electron chi connectivity index (χ4n) is 3.25. The Kier molecular flexibility index (Phi) is 6.03. The van der Waals surface area contributed by atoms with Gasteiger partial charge in [-0.15, -0.1) is 8.78 Å². The first-order valence-electron chi connectivity index (χ1n) is 9.29. The minimum atomic E-state index is -3.81. The average molecular weight is 467 g/mol. The lowest BCUT2D eigenvalue weighted by atomic mass is 10.1. The van der Waals surface area contributed by atoms with E-state index < -0.39 is 17.6 Å². The summed E-state index contributed by atoms with van der Waals surface area (Å²) in [6.07, 6.45) is 1.69. The number of carbonyl (C=O) groups excluding carboxylic acids is 1. The van der Waals surface area contributed by atoms with Crippen LogP contribution in [0.1, 0.15) is 16.8 Å². The van der Waals surface area contributed by atoms with Gasteiger partial charge < -0.3 is 20.1 Å². The number of rotatable bonds is 6. The predicted octanol–water partition coefficient (Wildman–Crippen LogP) is 4.20. The van der Waals surface area contributed by atoms with Crippen LogP contribution in [0.15, 0.2) is 48.0 Å². The number of nitrogens with one attached hydrogen (secondary N) is 1. The lowest BCUT2D eigenvalue weighted by molar-refractivity contribution is -0.0964. The van der Waals surface area contributed by atoms with Crippen molar-refractivity contribution in [2.24, 2.45) is 0 Å². The lowest BCUT2D eigenvalue weighted by Crippen LogP contribution is -2.23. The van der Waals surface area contributed by atoms with E-state index in [1.165, 1.54) is 42.0 Å². The monoisotopic (exact) mass is 466 g/mol. The van der Waals surface area contributed by atoms with Gasteiger partial charge in [-0.3, -0.25) is 4.79 Å². The first-order chi connectivity index (χ1) is 14.8. The Morgan fingerprint density at radius 2 is 2.10 bits per heavy atom. The summed E-state index contributed by atoms with van der Waals surface area (Å²) >= 11 is 6.03. The van der Waals surface area contributed by atoms with Crippen molar-refractivity contribution in [3.05, 3.63) is 53.5 Å². The Morgan fingerprint density at radius 3 is 2.71 bits per heavy atom. The maximum atomic E-state index is 12.7. The van der Waals surface area contributed by atoms with E-state index in [4.69, 9.17) is 11.6 Å². The van der Waals surface area contributed by atoms with E-state index in [2.05, 4.69) is 19.4 Å². The van der Waals surface area contributed by atoms with Gasteiger partial charge in [0.15, 0.2) is 0 Å². The zero-order valence-electron chi connectivity index (χ0n) is 16.0. The Morgan fingerprint density at radius 1 is 1.32 bits per heavy atom. The molecule has 1 amide bonds. The molecule has 0 radical (unpaired) electrons. The number of ether oxygens (including phenoxy) is 1. The highest BCUT2D eigenvalue weighted by molar-refractivity contribution is 7.03. The largest absolute Gasteiger partial charge is 0.487 e. The second-order valence-electron chi connectivity index (χ2n) is 6.89. The molecule has 0 spiro atoms. The molecule has 3 aromatic rings. The molecule has 1 saturated heterocycles. The van der Waals surface area contributed by atoms with Crippen molar-refractivity contribution in [1.82, 2.24) is 9.36 Å². The van der Waals surface area contributed by atoms with Crippen LogP contribution in [0.5, 0.6) is 5.75 Å². The van der Waals surface area contributed by atoms with Crippen LogP contribution < -0.4 is 15.0 Å². The molecule has 3 heterocycles. The van der Waals surface area contributed by atoms with E-state index in [9.17, 15) is 18.7 Å². The summed E-state index contributed by atoms with van der Waals surface area (Å²) in [6.45, 7) is 1.12. The number of carbonyl (C=O) groups is 1. The summed E-state index contributed by atoms with van der Waals surface area (Å²) in [4.78, 5) is 19.2. The smallest absolute Gasteiger partial charge is 0.420 e. The summed E-state index contributed by atoms with van der Waals surface area (Å²) in [5.41, 5.74) is -1.74. The number of aliphatic hydroxyl groups is 1. The molecule has 1 fully saturated rings. The zero-order valence-corrected chi connectivity index (χ0v) is 17.5. The maximum Gasteiger partial charge on any atom is 0.487 e. The van der Waals surface area contributed by atoms with Gasteiger partial charge in [0.25, 0.3) is 5.91 Å². The number of pyridine rings is 1. The third-order valence-corrected chi connectivity index (χ3v) is 5.29. The predicted molar refractivity (Wildman–Crippen MR) is 114 cm³/mol. The molecular formula is C20H17ClF2N4O3S. The van der Waals surface area contributed by atoms with Crippen molar-refractivity contribution in [1.29, 1.82) is 0 Å². The molecule has 4 rings (SSSR count). The van der Waals surface area contributed by atoms with E-state index in [0.29, 0.717) is 47.8 Å². The molecule has 1 aliphatic heterocycles. The molecule has 1 aliphatic rings. The first-order valence-corrected chi connectivity index (χ1v) is 10.5. The number of anilines is 2. The van der Waals surface area contributed by atoms with Gasteiger partial charge in [-0.25, -0.2) is 4.98 Å². The van der Waals surface area contributed by atoms with E-state index in [0.717, 1.165) is 0 Å². The van der Waals surface area contributed by atoms with Gasteiger partial charge in [0, 0.05) is 47.5 Å². The van der Waals surface area contributed by atoms with Gasteiger partial charge >= 0.3 is 5.57 Å². The molecule has 2 aromatic heterocycles. The fraction of sp³-hybridized carbons (Fsp3) is 0.250. The summed E-state index contributed by atoms with van der Waals surface area (Å²) in [7, 11) is 0. The van der Waals surface area contributed by atoms with Crippen LogP contribution in [0, 0.1) is 0 Å². The molecule has 2 N–H and O–H groups in total. The van der Waals surface area contributed by atoms with Gasteiger partial charge in [-0.05, 0) is 54.4 Å². The number of aliphatic hydroxyl groups excluding tert-OH is 1. The molecule has 7 nitrogen and oxygen atoms in total. The molecular weight excluding hydrogens is 450 g/mol. The normalized spacial score (nSPS) is 16.4.